The van der Waals surface area contributed by atoms with Gasteiger partial charge in [0.25, 0.3) is 0 Å². The van der Waals surface area contributed by atoms with E-state index in [0.29, 0.717) is 11.3 Å². The number of aryl methyl sites for hydroxylation is 1. The van der Waals surface area contributed by atoms with Gasteiger partial charge in [-0.15, -0.1) is 6.58 Å². The second-order valence-corrected chi connectivity index (χ2v) is 9.20. The van der Waals surface area contributed by atoms with E-state index in [9.17, 15) is 4.39 Å². The Morgan fingerprint density at radius 1 is 0.939 bits per heavy atom. The Hall–Kier alpha value is -3.11. The SMILES string of the molecule is C=CCC1CCC(c2ccc(C#Cc3ccc4c(F)c(CC/C=C/C)ccc4c3)cc2)CC1. The largest absolute Gasteiger partial charge is 0.206 e. The molecule has 1 heteroatoms. The summed E-state index contributed by atoms with van der Waals surface area (Å²) in [6, 6.07) is 18.4. The van der Waals surface area contributed by atoms with E-state index in [1.165, 1.54) is 31.2 Å². The highest BCUT2D eigenvalue weighted by Crippen LogP contribution is 2.37. The van der Waals surface area contributed by atoms with Gasteiger partial charge in [0.05, 0.1) is 0 Å². The van der Waals surface area contributed by atoms with Crippen molar-refractivity contribution in [1.29, 1.82) is 0 Å². The van der Waals surface area contributed by atoms with Gasteiger partial charge in [0, 0.05) is 16.5 Å². The van der Waals surface area contributed by atoms with E-state index >= 15 is 0 Å². The molecule has 0 nitrogen and oxygen atoms in total. The lowest BCUT2D eigenvalue weighted by Gasteiger charge is -2.28. The number of rotatable bonds is 6. The smallest absolute Gasteiger partial charge is 0.134 e. The molecule has 33 heavy (non-hydrogen) atoms. The molecule has 0 atom stereocenters. The summed E-state index contributed by atoms with van der Waals surface area (Å²) in [5, 5.41) is 1.57. The maximum atomic E-state index is 14.9. The van der Waals surface area contributed by atoms with Crippen molar-refractivity contribution >= 4 is 10.8 Å². The molecule has 3 aromatic carbocycles. The zero-order valence-electron chi connectivity index (χ0n) is 19.6. The van der Waals surface area contributed by atoms with Crippen molar-refractivity contribution in [1.82, 2.24) is 0 Å². The highest BCUT2D eigenvalue weighted by molar-refractivity contribution is 5.85. The highest BCUT2D eigenvalue weighted by Gasteiger charge is 2.21. The van der Waals surface area contributed by atoms with Gasteiger partial charge in [-0.25, -0.2) is 4.39 Å². The fourth-order valence-electron chi connectivity index (χ4n) is 4.96. The summed E-state index contributed by atoms with van der Waals surface area (Å²) in [5.41, 5.74) is 4.13. The summed E-state index contributed by atoms with van der Waals surface area (Å²) in [7, 11) is 0. The first-order chi connectivity index (χ1) is 16.2. The summed E-state index contributed by atoms with van der Waals surface area (Å²) in [4.78, 5) is 0. The molecule has 0 radical (unpaired) electrons. The summed E-state index contributed by atoms with van der Waals surface area (Å²) in [5.74, 6) is 7.92. The molecular formula is C32H33F. The van der Waals surface area contributed by atoms with Crippen molar-refractivity contribution < 1.29 is 4.39 Å². The van der Waals surface area contributed by atoms with E-state index in [-0.39, 0.29) is 5.82 Å². The standard InChI is InChI=1S/C32H33F/c1-3-5-6-8-29-20-21-30-23-26(15-22-31(30)32(29)33)10-9-25-13-18-28(19-14-25)27-16-11-24(7-4-2)12-17-27/h3-5,13-15,18-24,27H,2,6-8,11-12,16-17H2,1H3/b5-3+. The molecule has 0 bridgehead atoms. The first kappa shape index (κ1) is 23.1. The second-order valence-electron chi connectivity index (χ2n) is 9.20. The predicted octanol–water partition coefficient (Wildman–Crippen LogP) is 8.74. The van der Waals surface area contributed by atoms with Crippen LogP contribution in [0.1, 0.15) is 73.6 Å². The molecule has 168 valence electrons. The molecule has 0 aromatic heterocycles. The first-order valence-electron chi connectivity index (χ1n) is 12.2. The van der Waals surface area contributed by atoms with Crippen molar-refractivity contribution in [2.24, 2.45) is 5.92 Å². The summed E-state index contributed by atoms with van der Waals surface area (Å²) < 4.78 is 14.9. The zero-order chi connectivity index (χ0) is 23.0. The van der Waals surface area contributed by atoms with Crippen LogP contribution in [0.3, 0.4) is 0 Å². The Balaban J connectivity index is 1.43. The van der Waals surface area contributed by atoms with Crippen LogP contribution in [-0.2, 0) is 6.42 Å². The molecule has 0 spiro atoms. The third-order valence-corrected chi connectivity index (χ3v) is 6.93. The van der Waals surface area contributed by atoms with E-state index in [4.69, 9.17) is 0 Å². The Kier molecular flexibility index (Phi) is 7.79. The van der Waals surface area contributed by atoms with E-state index < -0.39 is 0 Å². The molecule has 0 amide bonds. The minimum absolute atomic E-state index is 0.106. The third-order valence-electron chi connectivity index (χ3n) is 6.93. The molecular weight excluding hydrogens is 403 g/mol. The molecule has 0 heterocycles. The van der Waals surface area contributed by atoms with Gasteiger partial charge in [-0.3, -0.25) is 0 Å². The maximum Gasteiger partial charge on any atom is 0.134 e. The van der Waals surface area contributed by atoms with Crippen LogP contribution in [0.5, 0.6) is 0 Å². The Morgan fingerprint density at radius 2 is 1.67 bits per heavy atom. The van der Waals surface area contributed by atoms with Crippen LogP contribution in [0, 0.1) is 23.6 Å². The summed E-state index contributed by atoms with van der Waals surface area (Å²) in [6.07, 6.45) is 14.0. The van der Waals surface area contributed by atoms with Gasteiger partial charge in [0.2, 0.25) is 0 Å². The number of hydrogen-bond acceptors (Lipinski definition) is 0. The van der Waals surface area contributed by atoms with Gasteiger partial charge in [0.1, 0.15) is 5.82 Å². The van der Waals surface area contributed by atoms with Crippen LogP contribution in [-0.4, -0.2) is 0 Å². The molecule has 3 aromatic rings. The van der Waals surface area contributed by atoms with E-state index in [1.54, 1.807) is 0 Å². The lowest BCUT2D eigenvalue weighted by atomic mass is 9.77. The van der Waals surface area contributed by atoms with Crippen molar-refractivity contribution in [3.05, 3.63) is 107 Å². The van der Waals surface area contributed by atoms with Crippen LogP contribution in [0.25, 0.3) is 10.8 Å². The molecule has 0 unspecified atom stereocenters. The molecule has 1 saturated carbocycles. The molecule has 1 aliphatic rings. The molecule has 0 saturated heterocycles. The van der Waals surface area contributed by atoms with Crippen LogP contribution in [0.2, 0.25) is 0 Å². The summed E-state index contributed by atoms with van der Waals surface area (Å²) >= 11 is 0. The third kappa shape index (κ3) is 5.82. The van der Waals surface area contributed by atoms with Gasteiger partial charge in [0.15, 0.2) is 0 Å². The van der Waals surface area contributed by atoms with Crippen molar-refractivity contribution in [2.75, 3.05) is 0 Å². The van der Waals surface area contributed by atoms with Crippen LogP contribution < -0.4 is 0 Å². The Morgan fingerprint density at radius 3 is 2.39 bits per heavy atom. The van der Waals surface area contributed by atoms with Crippen LogP contribution >= 0.6 is 0 Å². The number of fused-ring (bicyclic) bond motifs is 1. The lowest BCUT2D eigenvalue weighted by Crippen LogP contribution is -2.12. The molecule has 1 aliphatic carbocycles. The Bertz CT molecular complexity index is 1180. The molecule has 0 N–H and O–H groups in total. The van der Waals surface area contributed by atoms with E-state index in [2.05, 4.69) is 54.8 Å². The van der Waals surface area contributed by atoms with Crippen molar-refractivity contribution in [3.8, 4) is 11.8 Å². The molecule has 4 rings (SSSR count). The number of halogens is 1. The predicted molar refractivity (Wildman–Crippen MR) is 139 cm³/mol. The Labute approximate surface area is 198 Å². The average Bonchev–Trinajstić information content (AvgIpc) is 2.85. The molecule has 1 fully saturated rings. The van der Waals surface area contributed by atoms with Crippen LogP contribution in [0.4, 0.5) is 4.39 Å². The van der Waals surface area contributed by atoms with Crippen LogP contribution in [0.15, 0.2) is 79.4 Å². The number of allylic oxidation sites excluding steroid dienone is 3. The van der Waals surface area contributed by atoms with E-state index in [1.807, 2.05) is 43.3 Å². The quantitative estimate of drug-likeness (QED) is 0.268. The lowest BCUT2D eigenvalue weighted by molar-refractivity contribution is 0.328. The van der Waals surface area contributed by atoms with Gasteiger partial charge in [-0.1, -0.05) is 60.4 Å². The number of benzene rings is 3. The average molecular weight is 437 g/mol. The molecule has 0 aliphatic heterocycles. The van der Waals surface area contributed by atoms with Gasteiger partial charge in [-0.2, -0.15) is 0 Å². The van der Waals surface area contributed by atoms with Gasteiger partial charge >= 0.3 is 0 Å². The normalized spacial score (nSPS) is 18.2. The highest BCUT2D eigenvalue weighted by atomic mass is 19.1. The number of hydrogen-bond donors (Lipinski definition) is 0. The fraction of sp³-hybridized carbons (Fsp3) is 0.312. The van der Waals surface area contributed by atoms with Crippen molar-refractivity contribution in [2.45, 2.75) is 57.8 Å². The minimum atomic E-state index is -0.106. The monoisotopic (exact) mass is 436 g/mol. The summed E-state index contributed by atoms with van der Waals surface area (Å²) in [6.45, 7) is 5.87. The maximum absolute atomic E-state index is 14.9. The first-order valence-corrected chi connectivity index (χ1v) is 12.2. The second kappa shape index (κ2) is 11.2. The topological polar surface area (TPSA) is 0 Å². The fourth-order valence-corrected chi connectivity index (χ4v) is 4.96. The zero-order valence-corrected chi connectivity index (χ0v) is 19.6. The van der Waals surface area contributed by atoms with Gasteiger partial charge < -0.3 is 0 Å². The van der Waals surface area contributed by atoms with Crippen molar-refractivity contribution in [3.63, 3.8) is 0 Å². The minimum Gasteiger partial charge on any atom is -0.206 e. The van der Waals surface area contributed by atoms with E-state index in [0.717, 1.165) is 47.3 Å². The van der Waals surface area contributed by atoms with Gasteiger partial charge in [-0.05, 0) is 104 Å².